The lowest BCUT2D eigenvalue weighted by molar-refractivity contribution is 0.376. The first kappa shape index (κ1) is 9.65. The van der Waals surface area contributed by atoms with Crippen LogP contribution in [0.2, 0.25) is 0 Å². The number of nitrogens with zero attached hydrogens (tertiary/aromatic N) is 3. The van der Waals surface area contributed by atoms with Gasteiger partial charge in [-0.2, -0.15) is 15.0 Å². The van der Waals surface area contributed by atoms with E-state index in [1.807, 2.05) is 13.2 Å². The molecule has 0 bridgehead atoms. The topological polar surface area (TPSA) is 42.7 Å². The van der Waals surface area contributed by atoms with Crippen molar-refractivity contribution in [3.63, 3.8) is 0 Å². The summed E-state index contributed by atoms with van der Waals surface area (Å²) in [6.45, 7) is 7.79. The van der Waals surface area contributed by atoms with Crippen molar-refractivity contribution in [2.75, 3.05) is 6.54 Å². The number of nitrogens with one attached hydrogen (secondary N) is 1. The zero-order valence-corrected chi connectivity index (χ0v) is 9.28. The Morgan fingerprint density at radius 2 is 2.29 bits per heavy atom. The lowest BCUT2D eigenvalue weighted by Gasteiger charge is -2.27. The van der Waals surface area contributed by atoms with E-state index >= 15 is 0 Å². The maximum absolute atomic E-state index is 4.40. The fourth-order valence-corrected chi connectivity index (χ4v) is 2.53. The summed E-state index contributed by atoms with van der Waals surface area (Å²) in [7, 11) is 1.86. The third-order valence-corrected chi connectivity index (χ3v) is 3.16. The Morgan fingerprint density at radius 3 is 2.71 bits per heavy atom. The van der Waals surface area contributed by atoms with E-state index in [2.05, 4.69) is 36.3 Å². The summed E-state index contributed by atoms with van der Waals surface area (Å²) in [5.74, 6) is 1.10. The molecule has 1 aromatic heterocycles. The first-order valence-corrected chi connectivity index (χ1v) is 5.12. The van der Waals surface area contributed by atoms with Crippen LogP contribution in [0.1, 0.15) is 32.4 Å². The van der Waals surface area contributed by atoms with Crippen molar-refractivity contribution >= 4 is 0 Å². The molecule has 0 aliphatic carbocycles. The molecule has 1 aliphatic heterocycles. The molecule has 14 heavy (non-hydrogen) atoms. The Morgan fingerprint density at radius 1 is 1.57 bits per heavy atom. The van der Waals surface area contributed by atoms with Crippen molar-refractivity contribution in [3.05, 3.63) is 11.9 Å². The molecule has 0 aromatic carbocycles. The molecule has 0 amide bonds. The smallest absolute Gasteiger partial charge is 0.0879 e. The zero-order valence-electron chi connectivity index (χ0n) is 9.28. The van der Waals surface area contributed by atoms with Crippen molar-refractivity contribution in [1.82, 2.24) is 20.3 Å². The molecule has 2 heterocycles. The van der Waals surface area contributed by atoms with Gasteiger partial charge in [-0.05, 0) is 26.3 Å². The van der Waals surface area contributed by atoms with Gasteiger partial charge in [0, 0.05) is 18.5 Å². The molecule has 2 unspecified atom stereocenters. The van der Waals surface area contributed by atoms with Crippen molar-refractivity contribution in [2.24, 2.45) is 13.0 Å². The number of aromatic nitrogens is 3. The first-order chi connectivity index (χ1) is 6.50. The SMILES string of the molecule is CC1CNC(C)(C)C1c1cnn(C)n1. The fraction of sp³-hybridized carbons (Fsp3) is 0.800. The number of hydrogen-bond acceptors (Lipinski definition) is 3. The first-order valence-electron chi connectivity index (χ1n) is 5.12. The van der Waals surface area contributed by atoms with E-state index in [4.69, 9.17) is 0 Å². The van der Waals surface area contributed by atoms with Crippen LogP contribution in [0.5, 0.6) is 0 Å². The van der Waals surface area contributed by atoms with E-state index in [0.717, 1.165) is 12.2 Å². The predicted octanol–water partition coefficient (Wildman–Crippen LogP) is 0.917. The molecule has 4 heteroatoms. The largest absolute Gasteiger partial charge is 0.311 e. The summed E-state index contributed by atoms with van der Waals surface area (Å²) in [4.78, 5) is 1.64. The van der Waals surface area contributed by atoms with Crippen LogP contribution in [0, 0.1) is 5.92 Å². The minimum atomic E-state index is 0.134. The van der Waals surface area contributed by atoms with Gasteiger partial charge in [0.05, 0.1) is 11.9 Å². The highest BCUT2D eigenvalue weighted by Crippen LogP contribution is 2.37. The van der Waals surface area contributed by atoms with Crippen LogP contribution in [0.4, 0.5) is 0 Å². The summed E-state index contributed by atoms with van der Waals surface area (Å²) in [5.41, 5.74) is 1.24. The zero-order chi connectivity index (χ0) is 10.3. The Bertz CT molecular complexity index is 329. The van der Waals surface area contributed by atoms with Crippen LogP contribution in [-0.2, 0) is 7.05 Å². The second kappa shape index (κ2) is 3.05. The molecule has 78 valence electrons. The van der Waals surface area contributed by atoms with Gasteiger partial charge in [0.15, 0.2) is 0 Å². The number of rotatable bonds is 1. The summed E-state index contributed by atoms with van der Waals surface area (Å²) in [5, 5.41) is 12.1. The van der Waals surface area contributed by atoms with Gasteiger partial charge in [0.1, 0.15) is 0 Å². The van der Waals surface area contributed by atoms with E-state index in [1.165, 1.54) is 0 Å². The van der Waals surface area contributed by atoms with Gasteiger partial charge >= 0.3 is 0 Å². The van der Waals surface area contributed by atoms with Gasteiger partial charge in [0.25, 0.3) is 0 Å². The van der Waals surface area contributed by atoms with Crippen molar-refractivity contribution < 1.29 is 0 Å². The molecule has 1 aromatic rings. The molecule has 2 atom stereocenters. The van der Waals surface area contributed by atoms with Gasteiger partial charge in [-0.25, -0.2) is 0 Å². The van der Waals surface area contributed by atoms with Gasteiger partial charge in [0.2, 0.25) is 0 Å². The van der Waals surface area contributed by atoms with Crippen LogP contribution >= 0.6 is 0 Å². The minimum absolute atomic E-state index is 0.134. The quantitative estimate of drug-likeness (QED) is 0.723. The highest BCUT2D eigenvalue weighted by atomic mass is 15.4. The second-order valence-electron chi connectivity index (χ2n) is 4.82. The van der Waals surface area contributed by atoms with E-state index in [0.29, 0.717) is 11.8 Å². The average molecular weight is 194 g/mol. The van der Waals surface area contributed by atoms with Crippen LogP contribution in [0.25, 0.3) is 0 Å². The van der Waals surface area contributed by atoms with Crippen molar-refractivity contribution in [3.8, 4) is 0 Å². The molecule has 0 spiro atoms. The maximum Gasteiger partial charge on any atom is 0.0879 e. The normalized spacial score (nSPS) is 30.9. The third-order valence-electron chi connectivity index (χ3n) is 3.16. The molecular weight excluding hydrogens is 176 g/mol. The molecule has 0 radical (unpaired) electrons. The van der Waals surface area contributed by atoms with Gasteiger partial charge in [-0.1, -0.05) is 6.92 Å². The Hall–Kier alpha value is -0.900. The van der Waals surface area contributed by atoms with Crippen LogP contribution < -0.4 is 5.32 Å². The lowest BCUT2D eigenvalue weighted by Crippen LogP contribution is -2.37. The lowest BCUT2D eigenvalue weighted by atomic mass is 9.81. The summed E-state index contributed by atoms with van der Waals surface area (Å²) in [6, 6.07) is 0. The second-order valence-corrected chi connectivity index (χ2v) is 4.82. The fourth-order valence-electron chi connectivity index (χ4n) is 2.53. The summed E-state index contributed by atoms with van der Waals surface area (Å²) in [6.07, 6.45) is 1.88. The van der Waals surface area contributed by atoms with E-state index in [1.54, 1.807) is 4.80 Å². The standard InChI is InChI=1S/C10H18N4/c1-7-5-11-10(2,3)9(7)8-6-12-14(4)13-8/h6-7,9,11H,5H2,1-4H3. The third kappa shape index (κ3) is 1.43. The van der Waals surface area contributed by atoms with E-state index in [-0.39, 0.29) is 5.54 Å². The molecule has 1 N–H and O–H groups in total. The average Bonchev–Trinajstić information content (AvgIpc) is 2.57. The summed E-state index contributed by atoms with van der Waals surface area (Å²) < 4.78 is 0. The number of aryl methyl sites for hydroxylation is 1. The van der Waals surface area contributed by atoms with Gasteiger partial charge < -0.3 is 5.32 Å². The van der Waals surface area contributed by atoms with Gasteiger partial charge in [-0.15, -0.1) is 0 Å². The minimum Gasteiger partial charge on any atom is -0.311 e. The Balaban J connectivity index is 2.32. The molecular formula is C10H18N4. The Labute approximate surface area is 84.7 Å². The van der Waals surface area contributed by atoms with Crippen molar-refractivity contribution in [1.29, 1.82) is 0 Å². The maximum atomic E-state index is 4.40. The molecule has 2 rings (SSSR count). The molecule has 1 fully saturated rings. The molecule has 0 saturated carbocycles. The highest BCUT2D eigenvalue weighted by Gasteiger charge is 2.41. The van der Waals surface area contributed by atoms with Crippen molar-refractivity contribution in [2.45, 2.75) is 32.2 Å². The molecule has 4 nitrogen and oxygen atoms in total. The monoisotopic (exact) mass is 194 g/mol. The van der Waals surface area contributed by atoms with Crippen LogP contribution in [0.15, 0.2) is 6.20 Å². The van der Waals surface area contributed by atoms with Gasteiger partial charge in [-0.3, -0.25) is 0 Å². The van der Waals surface area contributed by atoms with E-state index in [9.17, 15) is 0 Å². The van der Waals surface area contributed by atoms with E-state index < -0.39 is 0 Å². The molecule has 1 aliphatic rings. The van der Waals surface area contributed by atoms with Crippen LogP contribution in [-0.4, -0.2) is 27.1 Å². The number of hydrogen-bond donors (Lipinski definition) is 1. The molecule has 1 saturated heterocycles. The van der Waals surface area contributed by atoms with Crippen LogP contribution in [0.3, 0.4) is 0 Å². The predicted molar refractivity (Wildman–Crippen MR) is 55.0 cm³/mol. The Kier molecular flexibility index (Phi) is 2.10. The highest BCUT2D eigenvalue weighted by molar-refractivity contribution is 5.15. The summed E-state index contributed by atoms with van der Waals surface area (Å²) >= 11 is 0.